The summed E-state index contributed by atoms with van der Waals surface area (Å²) in [6.45, 7) is 4.20. The summed E-state index contributed by atoms with van der Waals surface area (Å²) < 4.78 is 28.7. The minimum atomic E-state index is -3.27. The Morgan fingerprint density at radius 3 is 2.61 bits per heavy atom. The molecule has 10 heteroatoms. The first-order valence-electron chi connectivity index (χ1n) is 10.6. The fraction of sp³-hybridized carbons (Fsp3) is 0.524. The van der Waals surface area contributed by atoms with Gasteiger partial charge in [-0.2, -0.15) is 5.10 Å². The largest absolute Gasteiger partial charge is 0.357 e. The predicted molar refractivity (Wildman–Crippen MR) is 136 cm³/mol. The lowest BCUT2D eigenvalue weighted by Crippen LogP contribution is -2.39. The van der Waals surface area contributed by atoms with Gasteiger partial charge in [0.1, 0.15) is 0 Å². The molecule has 1 heterocycles. The Hall–Kier alpha value is -1.66. The first kappa shape index (κ1) is 25.6. The lowest BCUT2D eigenvalue weighted by atomic mass is 9.86. The monoisotopic (exact) mass is 560 g/mol. The van der Waals surface area contributed by atoms with Crippen molar-refractivity contribution in [3.05, 3.63) is 48.3 Å². The molecule has 31 heavy (non-hydrogen) atoms. The zero-order valence-corrected chi connectivity index (χ0v) is 21.1. The second-order valence-corrected chi connectivity index (χ2v) is 9.45. The smallest absolute Gasteiger partial charge is 0.213 e. The van der Waals surface area contributed by atoms with E-state index in [1.807, 2.05) is 36.0 Å². The van der Waals surface area contributed by atoms with E-state index in [0.717, 1.165) is 31.5 Å². The minimum Gasteiger partial charge on any atom is -0.357 e. The van der Waals surface area contributed by atoms with Crippen molar-refractivity contribution in [2.24, 2.45) is 10.9 Å². The van der Waals surface area contributed by atoms with Crippen LogP contribution in [0.15, 0.2) is 47.7 Å². The molecule has 1 aliphatic rings. The molecular formula is C21H33IN6O2S. The van der Waals surface area contributed by atoms with Crippen LogP contribution in [-0.2, 0) is 16.4 Å². The highest BCUT2D eigenvalue weighted by molar-refractivity contribution is 14.0. The number of guanidine groups is 1. The molecule has 1 aromatic heterocycles. The summed E-state index contributed by atoms with van der Waals surface area (Å²) in [5, 5.41) is 10.7. The molecule has 0 aliphatic heterocycles. The number of rotatable bonds is 11. The number of hydrogen-bond acceptors (Lipinski definition) is 4. The fourth-order valence-corrected chi connectivity index (χ4v) is 4.16. The van der Waals surface area contributed by atoms with Crippen molar-refractivity contribution < 1.29 is 8.42 Å². The predicted octanol–water partition coefficient (Wildman–Crippen LogP) is 2.31. The highest BCUT2D eigenvalue weighted by Crippen LogP contribution is 2.25. The van der Waals surface area contributed by atoms with Crippen molar-refractivity contribution in [2.75, 3.05) is 31.9 Å². The summed E-state index contributed by atoms with van der Waals surface area (Å²) in [7, 11) is -3.27. The molecule has 0 spiro atoms. The molecule has 1 aromatic carbocycles. The molecule has 0 unspecified atom stereocenters. The van der Waals surface area contributed by atoms with Gasteiger partial charge < -0.3 is 10.6 Å². The van der Waals surface area contributed by atoms with Crippen LogP contribution < -0.4 is 15.4 Å². The van der Waals surface area contributed by atoms with Crippen molar-refractivity contribution in [2.45, 2.75) is 32.6 Å². The summed E-state index contributed by atoms with van der Waals surface area (Å²) >= 11 is 0. The number of hydrogen-bond donors (Lipinski definition) is 3. The number of aliphatic imine (C=N–C) groups is 1. The second kappa shape index (κ2) is 13.0. The number of nitrogens with zero attached hydrogens (tertiary/aromatic N) is 3. The molecule has 1 fully saturated rings. The highest BCUT2D eigenvalue weighted by atomic mass is 127. The Labute approximate surface area is 202 Å². The number of halogens is 1. The molecule has 3 N–H and O–H groups in total. The van der Waals surface area contributed by atoms with E-state index in [-0.39, 0.29) is 36.3 Å². The topological polar surface area (TPSA) is 100 Å². The fourth-order valence-electron chi connectivity index (χ4n) is 3.20. The van der Waals surface area contributed by atoms with Gasteiger partial charge in [0.05, 0.1) is 18.0 Å². The van der Waals surface area contributed by atoms with Gasteiger partial charge in [-0.1, -0.05) is 18.6 Å². The van der Waals surface area contributed by atoms with Gasteiger partial charge in [-0.05, 0) is 55.9 Å². The zero-order chi connectivity index (χ0) is 21.2. The van der Waals surface area contributed by atoms with Crippen LogP contribution in [-0.4, -0.2) is 56.1 Å². The average Bonchev–Trinajstić information content (AvgIpc) is 3.22. The normalized spacial score (nSPS) is 14.5. The van der Waals surface area contributed by atoms with E-state index in [0.29, 0.717) is 25.0 Å². The molecule has 0 atom stereocenters. The van der Waals surface area contributed by atoms with Crippen molar-refractivity contribution in [3.8, 4) is 5.69 Å². The Morgan fingerprint density at radius 2 is 2.00 bits per heavy atom. The number of sulfonamides is 1. The van der Waals surface area contributed by atoms with Crippen LogP contribution in [0, 0.1) is 5.92 Å². The van der Waals surface area contributed by atoms with Gasteiger partial charge in [0.25, 0.3) is 0 Å². The molecule has 8 nitrogen and oxygen atoms in total. The maximum Gasteiger partial charge on any atom is 0.213 e. The van der Waals surface area contributed by atoms with Crippen LogP contribution in [0.5, 0.6) is 0 Å². The van der Waals surface area contributed by atoms with Crippen LogP contribution in [0.2, 0.25) is 0 Å². The SMILES string of the molecule is CCNC(=NCCS(=O)(=O)NCC1CCC1)NCCc1ccc(-n2cccn2)cc1.I. The van der Waals surface area contributed by atoms with Gasteiger partial charge in [0, 0.05) is 32.0 Å². The van der Waals surface area contributed by atoms with Gasteiger partial charge in [0.2, 0.25) is 10.0 Å². The molecule has 1 aliphatic carbocycles. The van der Waals surface area contributed by atoms with Gasteiger partial charge in [-0.15, -0.1) is 24.0 Å². The van der Waals surface area contributed by atoms with Crippen molar-refractivity contribution in [3.63, 3.8) is 0 Å². The van der Waals surface area contributed by atoms with Crippen LogP contribution in [0.1, 0.15) is 31.7 Å². The maximum absolute atomic E-state index is 12.1. The maximum atomic E-state index is 12.1. The third-order valence-electron chi connectivity index (χ3n) is 5.20. The lowest BCUT2D eigenvalue weighted by molar-refractivity contribution is 0.316. The summed E-state index contributed by atoms with van der Waals surface area (Å²) in [6, 6.07) is 10.2. The van der Waals surface area contributed by atoms with Gasteiger partial charge in [-0.3, -0.25) is 4.99 Å². The van der Waals surface area contributed by atoms with Crippen LogP contribution in [0.4, 0.5) is 0 Å². The van der Waals surface area contributed by atoms with E-state index in [4.69, 9.17) is 0 Å². The third kappa shape index (κ3) is 8.77. The standard InChI is InChI=1S/C21H32N6O2S.HI/c1-2-22-21(24-14-16-30(28,29)26-17-19-5-3-6-19)23-13-11-18-7-9-20(10-8-18)27-15-4-12-25-27;/h4,7-10,12,15,19,26H,2-3,5-6,11,13-14,16-17H2,1H3,(H2,22,23,24);1H. The quantitative estimate of drug-likeness (QED) is 0.223. The average molecular weight is 561 g/mol. The van der Waals surface area contributed by atoms with Crippen molar-refractivity contribution in [1.82, 2.24) is 25.1 Å². The van der Waals surface area contributed by atoms with Crippen molar-refractivity contribution >= 4 is 40.0 Å². The van der Waals surface area contributed by atoms with Crippen LogP contribution >= 0.6 is 24.0 Å². The summed E-state index contributed by atoms with van der Waals surface area (Å²) in [4.78, 5) is 4.40. The Morgan fingerprint density at radius 1 is 1.23 bits per heavy atom. The molecular weight excluding hydrogens is 527 g/mol. The minimum absolute atomic E-state index is 0. The van der Waals surface area contributed by atoms with E-state index in [1.54, 1.807) is 6.20 Å². The molecule has 0 saturated heterocycles. The van der Waals surface area contributed by atoms with Crippen LogP contribution in [0.25, 0.3) is 5.69 Å². The Kier molecular flexibility index (Phi) is 10.7. The van der Waals surface area contributed by atoms with E-state index < -0.39 is 10.0 Å². The summed E-state index contributed by atoms with van der Waals surface area (Å²) in [5.41, 5.74) is 2.23. The molecule has 0 bridgehead atoms. The molecule has 172 valence electrons. The van der Waals surface area contributed by atoms with E-state index >= 15 is 0 Å². The first-order chi connectivity index (χ1) is 14.6. The van der Waals surface area contributed by atoms with E-state index in [9.17, 15) is 8.42 Å². The number of benzene rings is 1. The zero-order valence-electron chi connectivity index (χ0n) is 18.0. The van der Waals surface area contributed by atoms with Gasteiger partial charge in [-0.25, -0.2) is 17.8 Å². The summed E-state index contributed by atoms with van der Waals surface area (Å²) in [5.74, 6) is 1.15. The van der Waals surface area contributed by atoms with Gasteiger partial charge >= 0.3 is 0 Å². The van der Waals surface area contributed by atoms with Gasteiger partial charge in [0.15, 0.2) is 5.96 Å². The molecule has 3 rings (SSSR count). The highest BCUT2D eigenvalue weighted by Gasteiger charge is 2.19. The molecule has 0 radical (unpaired) electrons. The number of aromatic nitrogens is 2. The van der Waals surface area contributed by atoms with E-state index in [2.05, 4.69) is 37.6 Å². The first-order valence-corrected chi connectivity index (χ1v) is 12.3. The summed E-state index contributed by atoms with van der Waals surface area (Å²) in [6.07, 6.45) is 7.98. The number of nitrogens with one attached hydrogen (secondary N) is 3. The second-order valence-electron chi connectivity index (χ2n) is 7.52. The molecule has 1 saturated carbocycles. The Balaban J connectivity index is 0.00000341. The Bertz CT molecular complexity index is 896. The molecule has 0 amide bonds. The van der Waals surface area contributed by atoms with Crippen molar-refractivity contribution in [1.29, 1.82) is 0 Å². The van der Waals surface area contributed by atoms with Crippen LogP contribution in [0.3, 0.4) is 0 Å². The molecule has 2 aromatic rings. The lowest BCUT2D eigenvalue weighted by Gasteiger charge is -2.25. The third-order valence-corrected chi connectivity index (χ3v) is 6.53. The van der Waals surface area contributed by atoms with E-state index in [1.165, 1.54) is 12.0 Å².